The Labute approximate surface area is 135 Å². The van der Waals surface area contributed by atoms with E-state index >= 15 is 0 Å². The van der Waals surface area contributed by atoms with Gasteiger partial charge in [0.05, 0.1) is 6.04 Å². The standard InChI is InChI=1S/C19H20FNO2/c1-19(2)10-9-12-7-8-13(14-5-3-4-6-16(14)20)11-15(12)17(19)21-18(22)23/h3-8,11,17,21H,9-10H2,1-2H3,(H,22,23)/t17-/m1/s1. The largest absolute Gasteiger partial charge is 0.465 e. The molecule has 2 aromatic carbocycles. The molecular weight excluding hydrogens is 293 g/mol. The van der Waals surface area contributed by atoms with Crippen LogP contribution in [0.1, 0.15) is 37.4 Å². The number of nitrogens with one attached hydrogen (secondary N) is 1. The summed E-state index contributed by atoms with van der Waals surface area (Å²) in [6.45, 7) is 4.12. The lowest BCUT2D eigenvalue weighted by molar-refractivity contribution is 0.161. The van der Waals surface area contributed by atoms with Crippen LogP contribution in [-0.2, 0) is 6.42 Å². The lowest BCUT2D eigenvalue weighted by Gasteiger charge is -2.40. The molecule has 1 atom stereocenters. The molecule has 1 aliphatic carbocycles. The van der Waals surface area contributed by atoms with E-state index in [-0.39, 0.29) is 17.3 Å². The topological polar surface area (TPSA) is 49.3 Å². The van der Waals surface area contributed by atoms with E-state index in [4.69, 9.17) is 0 Å². The first kappa shape index (κ1) is 15.5. The van der Waals surface area contributed by atoms with E-state index in [1.165, 1.54) is 6.07 Å². The first-order chi connectivity index (χ1) is 10.9. The fourth-order valence-corrected chi connectivity index (χ4v) is 3.37. The molecule has 120 valence electrons. The number of carboxylic acid groups (broad SMARTS) is 1. The Morgan fingerprint density at radius 1 is 1.26 bits per heavy atom. The molecule has 23 heavy (non-hydrogen) atoms. The molecule has 1 amide bonds. The van der Waals surface area contributed by atoms with Crippen LogP contribution in [0.2, 0.25) is 0 Å². The molecule has 0 aromatic heterocycles. The van der Waals surface area contributed by atoms with Crippen molar-refractivity contribution in [2.45, 2.75) is 32.7 Å². The second-order valence-corrected chi connectivity index (χ2v) is 6.76. The summed E-state index contributed by atoms with van der Waals surface area (Å²) < 4.78 is 14.1. The third-order valence-corrected chi connectivity index (χ3v) is 4.73. The van der Waals surface area contributed by atoms with Gasteiger partial charge in [-0.05, 0) is 47.1 Å². The number of rotatable bonds is 2. The zero-order chi connectivity index (χ0) is 16.6. The molecule has 2 N–H and O–H groups in total. The third kappa shape index (κ3) is 2.93. The van der Waals surface area contributed by atoms with Gasteiger partial charge in [-0.3, -0.25) is 0 Å². The van der Waals surface area contributed by atoms with Crippen molar-refractivity contribution in [1.29, 1.82) is 0 Å². The Hall–Kier alpha value is -2.36. The number of halogens is 1. The fourth-order valence-electron chi connectivity index (χ4n) is 3.37. The molecule has 3 rings (SSSR count). The van der Waals surface area contributed by atoms with Crippen molar-refractivity contribution in [3.8, 4) is 11.1 Å². The van der Waals surface area contributed by atoms with Crippen LogP contribution in [0.15, 0.2) is 42.5 Å². The van der Waals surface area contributed by atoms with Gasteiger partial charge < -0.3 is 10.4 Å². The average molecular weight is 313 g/mol. The van der Waals surface area contributed by atoms with Crippen LogP contribution in [-0.4, -0.2) is 11.2 Å². The first-order valence-corrected chi connectivity index (χ1v) is 7.76. The highest BCUT2D eigenvalue weighted by molar-refractivity contribution is 5.68. The minimum atomic E-state index is -1.03. The van der Waals surface area contributed by atoms with Crippen LogP contribution in [0.4, 0.5) is 9.18 Å². The highest BCUT2D eigenvalue weighted by atomic mass is 19.1. The molecule has 0 fully saturated rings. The number of aryl methyl sites for hydroxylation is 1. The van der Waals surface area contributed by atoms with Crippen LogP contribution >= 0.6 is 0 Å². The summed E-state index contributed by atoms with van der Waals surface area (Å²) in [7, 11) is 0. The van der Waals surface area contributed by atoms with Crippen molar-refractivity contribution in [3.05, 3.63) is 59.4 Å². The van der Waals surface area contributed by atoms with Crippen molar-refractivity contribution in [2.24, 2.45) is 5.41 Å². The maximum Gasteiger partial charge on any atom is 0.405 e. The lowest BCUT2D eigenvalue weighted by Crippen LogP contribution is -2.40. The summed E-state index contributed by atoms with van der Waals surface area (Å²) >= 11 is 0. The monoisotopic (exact) mass is 313 g/mol. The highest BCUT2D eigenvalue weighted by Crippen LogP contribution is 2.44. The van der Waals surface area contributed by atoms with Gasteiger partial charge in [-0.2, -0.15) is 0 Å². The zero-order valence-corrected chi connectivity index (χ0v) is 13.3. The van der Waals surface area contributed by atoms with Gasteiger partial charge in [0.1, 0.15) is 5.82 Å². The van der Waals surface area contributed by atoms with Gasteiger partial charge >= 0.3 is 6.09 Å². The molecule has 0 unspecified atom stereocenters. The van der Waals surface area contributed by atoms with E-state index < -0.39 is 6.09 Å². The number of amides is 1. The Bertz CT molecular complexity index is 755. The fraction of sp³-hybridized carbons (Fsp3) is 0.316. The van der Waals surface area contributed by atoms with Gasteiger partial charge in [-0.1, -0.05) is 44.2 Å². The van der Waals surface area contributed by atoms with E-state index in [0.717, 1.165) is 29.5 Å². The molecule has 3 nitrogen and oxygen atoms in total. The van der Waals surface area contributed by atoms with Crippen LogP contribution in [0.25, 0.3) is 11.1 Å². The summed E-state index contributed by atoms with van der Waals surface area (Å²) in [5, 5.41) is 11.8. The van der Waals surface area contributed by atoms with Crippen molar-refractivity contribution in [2.75, 3.05) is 0 Å². The van der Waals surface area contributed by atoms with E-state index in [0.29, 0.717) is 5.56 Å². The Morgan fingerprint density at radius 3 is 2.70 bits per heavy atom. The van der Waals surface area contributed by atoms with Crippen LogP contribution < -0.4 is 5.32 Å². The van der Waals surface area contributed by atoms with Crippen molar-refractivity contribution in [3.63, 3.8) is 0 Å². The molecule has 0 saturated heterocycles. The van der Waals surface area contributed by atoms with Crippen molar-refractivity contribution in [1.82, 2.24) is 5.32 Å². The van der Waals surface area contributed by atoms with Crippen LogP contribution in [0.5, 0.6) is 0 Å². The SMILES string of the molecule is CC1(C)CCc2ccc(-c3ccccc3F)cc2[C@H]1NC(=O)O. The maximum absolute atomic E-state index is 14.1. The maximum atomic E-state index is 14.1. The predicted molar refractivity (Wildman–Crippen MR) is 87.8 cm³/mol. The van der Waals surface area contributed by atoms with E-state index in [2.05, 4.69) is 19.2 Å². The van der Waals surface area contributed by atoms with Crippen LogP contribution in [0.3, 0.4) is 0 Å². The molecule has 0 heterocycles. The van der Waals surface area contributed by atoms with Gasteiger partial charge in [0.25, 0.3) is 0 Å². The Morgan fingerprint density at radius 2 is 2.00 bits per heavy atom. The van der Waals surface area contributed by atoms with Gasteiger partial charge in [-0.15, -0.1) is 0 Å². The molecule has 1 aliphatic rings. The number of benzene rings is 2. The zero-order valence-electron chi connectivity index (χ0n) is 13.3. The smallest absolute Gasteiger partial charge is 0.405 e. The molecule has 4 heteroatoms. The molecular formula is C19H20FNO2. The van der Waals surface area contributed by atoms with Gasteiger partial charge in [0.2, 0.25) is 0 Å². The first-order valence-electron chi connectivity index (χ1n) is 7.76. The number of hydrogen-bond acceptors (Lipinski definition) is 1. The summed E-state index contributed by atoms with van der Waals surface area (Å²) in [4.78, 5) is 11.2. The van der Waals surface area contributed by atoms with E-state index in [1.54, 1.807) is 18.2 Å². The second-order valence-electron chi connectivity index (χ2n) is 6.76. The quantitative estimate of drug-likeness (QED) is 0.838. The third-order valence-electron chi connectivity index (χ3n) is 4.73. The minimum absolute atomic E-state index is 0.181. The number of hydrogen-bond donors (Lipinski definition) is 2. The number of carbonyl (C=O) groups is 1. The van der Waals surface area contributed by atoms with Gasteiger partial charge in [0, 0.05) is 5.56 Å². The number of fused-ring (bicyclic) bond motifs is 1. The Kier molecular flexibility index (Phi) is 3.84. The predicted octanol–water partition coefficient (Wildman–Crippen LogP) is 4.77. The second kappa shape index (κ2) is 5.69. The summed E-state index contributed by atoms with van der Waals surface area (Å²) in [5.41, 5.74) is 3.20. The minimum Gasteiger partial charge on any atom is -0.465 e. The molecule has 0 saturated carbocycles. The summed E-state index contributed by atoms with van der Waals surface area (Å²) in [6, 6.07) is 12.2. The van der Waals surface area contributed by atoms with Gasteiger partial charge in [-0.25, -0.2) is 9.18 Å². The highest BCUT2D eigenvalue weighted by Gasteiger charge is 2.37. The summed E-state index contributed by atoms with van der Waals surface area (Å²) in [5.74, 6) is -0.273. The lowest BCUT2D eigenvalue weighted by atomic mass is 9.70. The normalized spacial score (nSPS) is 19.0. The average Bonchev–Trinajstić information content (AvgIpc) is 2.50. The molecule has 0 radical (unpaired) electrons. The molecule has 0 aliphatic heterocycles. The molecule has 0 spiro atoms. The molecule has 0 bridgehead atoms. The van der Waals surface area contributed by atoms with Crippen molar-refractivity contribution >= 4 is 6.09 Å². The molecule has 2 aromatic rings. The van der Waals surface area contributed by atoms with Crippen LogP contribution in [0, 0.1) is 11.2 Å². The van der Waals surface area contributed by atoms with E-state index in [1.807, 2.05) is 18.2 Å². The summed E-state index contributed by atoms with van der Waals surface area (Å²) in [6.07, 6.45) is 0.772. The van der Waals surface area contributed by atoms with Gasteiger partial charge in [0.15, 0.2) is 0 Å². The van der Waals surface area contributed by atoms with E-state index in [9.17, 15) is 14.3 Å². The Balaban J connectivity index is 2.10. The van der Waals surface area contributed by atoms with Crippen molar-refractivity contribution < 1.29 is 14.3 Å².